The zero-order chi connectivity index (χ0) is 46.6. The number of hydrogen-bond donors (Lipinski definition) is 8. The minimum Gasteiger partial charge on any atom is -0.504 e. The van der Waals surface area contributed by atoms with Crippen molar-refractivity contribution in [3.63, 3.8) is 0 Å². The summed E-state index contributed by atoms with van der Waals surface area (Å²) < 4.78 is 22.1. The number of carboxylic acid groups (broad SMARTS) is 4. The van der Waals surface area contributed by atoms with E-state index in [0.29, 0.717) is 74.1 Å². The molecule has 4 rings (SSSR count). The topological polar surface area (TPSA) is 301 Å². The van der Waals surface area contributed by atoms with E-state index in [0.717, 1.165) is 37.8 Å². The average molecular weight is 877 g/mol. The van der Waals surface area contributed by atoms with Crippen molar-refractivity contribution in [3.8, 4) is 46.0 Å². The van der Waals surface area contributed by atoms with Gasteiger partial charge < -0.3 is 59.8 Å². The van der Waals surface area contributed by atoms with Crippen LogP contribution < -0.4 is 18.9 Å². The summed E-state index contributed by atoms with van der Waals surface area (Å²) in [7, 11) is 0. The maximum absolute atomic E-state index is 10.7. The highest BCUT2D eigenvalue weighted by atomic mass is 16.5. The molecule has 0 bridgehead atoms. The number of phenols is 4. The van der Waals surface area contributed by atoms with Gasteiger partial charge in [-0.2, -0.15) is 0 Å². The minimum absolute atomic E-state index is 0.000492. The molecule has 18 nitrogen and oxygen atoms in total. The number of aldehydes is 2. The molecule has 18 heteroatoms. The lowest BCUT2D eigenvalue weighted by Gasteiger charge is -2.10. The van der Waals surface area contributed by atoms with E-state index >= 15 is 0 Å². The predicted octanol–water partition coefficient (Wildman–Crippen LogP) is 6.82. The fourth-order valence-corrected chi connectivity index (χ4v) is 4.89. The molecule has 4 aromatic carbocycles. The van der Waals surface area contributed by atoms with Gasteiger partial charge >= 0.3 is 23.9 Å². The summed E-state index contributed by atoms with van der Waals surface area (Å²) in [6, 6.07) is 18.0. The lowest BCUT2D eigenvalue weighted by atomic mass is 10.2. The Morgan fingerprint density at radius 1 is 0.413 bits per heavy atom. The van der Waals surface area contributed by atoms with Crippen molar-refractivity contribution in [1.82, 2.24) is 0 Å². The van der Waals surface area contributed by atoms with Crippen LogP contribution in [0.1, 0.15) is 76.8 Å². The number of hydrogen-bond acceptors (Lipinski definition) is 14. The van der Waals surface area contributed by atoms with E-state index in [9.17, 15) is 49.2 Å². The third-order valence-corrected chi connectivity index (χ3v) is 7.95. The van der Waals surface area contributed by atoms with Crippen LogP contribution in [0.15, 0.2) is 84.9 Å². The van der Waals surface area contributed by atoms with E-state index in [1.807, 2.05) is 0 Å². The number of phenolic OH excluding ortho intramolecular Hbond substituents is 4. The number of carbonyl (C=O) groups is 6. The summed E-state index contributed by atoms with van der Waals surface area (Å²) in [6.45, 7) is 1.53. The van der Waals surface area contributed by atoms with E-state index in [1.54, 1.807) is 24.3 Å². The second-order valence-corrected chi connectivity index (χ2v) is 13.0. The van der Waals surface area contributed by atoms with E-state index in [1.165, 1.54) is 60.7 Å². The molecule has 0 spiro atoms. The highest BCUT2D eigenvalue weighted by Crippen LogP contribution is 2.30. The van der Waals surface area contributed by atoms with E-state index < -0.39 is 30.3 Å². The molecular weight excluding hydrogens is 828 g/mol. The fourth-order valence-electron chi connectivity index (χ4n) is 4.89. The van der Waals surface area contributed by atoms with Gasteiger partial charge in [0.1, 0.15) is 19.0 Å². The monoisotopic (exact) mass is 876 g/mol. The van der Waals surface area contributed by atoms with Crippen LogP contribution in [0.2, 0.25) is 0 Å². The lowest BCUT2D eigenvalue weighted by Crippen LogP contribution is -2.03. The summed E-state index contributed by atoms with van der Waals surface area (Å²) in [4.78, 5) is 61.5. The Morgan fingerprint density at radius 3 is 0.921 bits per heavy atom. The first kappa shape index (κ1) is 51.1. The third-order valence-electron chi connectivity index (χ3n) is 7.95. The second kappa shape index (κ2) is 28.4. The highest BCUT2D eigenvalue weighted by molar-refractivity contribution is 5.89. The number of ether oxygens (including phenoxy) is 4. The van der Waals surface area contributed by atoms with Crippen LogP contribution >= 0.6 is 0 Å². The molecule has 0 aliphatic rings. The third kappa shape index (κ3) is 21.7. The number of unbranched alkanes of at least 4 members (excludes halogenated alkanes) is 4. The van der Waals surface area contributed by atoms with Crippen LogP contribution in [0.3, 0.4) is 0 Å². The van der Waals surface area contributed by atoms with Crippen LogP contribution in [-0.4, -0.2) is 104 Å². The smallest absolute Gasteiger partial charge is 0.328 e. The van der Waals surface area contributed by atoms with E-state index in [2.05, 4.69) is 0 Å². The minimum atomic E-state index is -1.31. The average Bonchev–Trinajstić information content (AvgIpc) is 3.24. The number of aromatic hydroxyl groups is 4. The quantitative estimate of drug-likeness (QED) is 0.0155. The highest BCUT2D eigenvalue weighted by Gasteiger charge is 2.08. The summed E-state index contributed by atoms with van der Waals surface area (Å²) in [5, 5.41) is 71.8. The molecule has 0 unspecified atom stereocenters. The maximum atomic E-state index is 10.7. The van der Waals surface area contributed by atoms with Gasteiger partial charge in [-0.1, -0.05) is 12.1 Å². The van der Waals surface area contributed by atoms with Crippen molar-refractivity contribution in [2.45, 2.75) is 44.9 Å². The van der Waals surface area contributed by atoms with Crippen molar-refractivity contribution in [2.75, 3.05) is 26.4 Å². The molecule has 0 aliphatic heterocycles. The molecule has 63 heavy (non-hydrogen) atoms. The maximum Gasteiger partial charge on any atom is 0.328 e. The number of rotatable bonds is 24. The molecule has 0 aromatic heterocycles. The normalized spacial score (nSPS) is 10.4. The molecule has 0 heterocycles. The molecule has 0 aliphatic carbocycles. The fraction of sp³-hybridized carbons (Fsp3) is 0.244. The predicted molar refractivity (Wildman–Crippen MR) is 226 cm³/mol. The van der Waals surface area contributed by atoms with Gasteiger partial charge in [-0.25, -0.2) is 9.59 Å². The molecule has 0 fully saturated rings. The van der Waals surface area contributed by atoms with Crippen molar-refractivity contribution < 1.29 is 88.6 Å². The van der Waals surface area contributed by atoms with Gasteiger partial charge in [0.25, 0.3) is 0 Å². The van der Waals surface area contributed by atoms with Gasteiger partial charge in [0.15, 0.2) is 46.0 Å². The van der Waals surface area contributed by atoms with Crippen LogP contribution in [0.5, 0.6) is 46.0 Å². The summed E-state index contributed by atoms with van der Waals surface area (Å²) in [5.41, 5.74) is 2.09. The first-order chi connectivity index (χ1) is 30.1. The zero-order valence-electron chi connectivity index (χ0n) is 33.8. The summed E-state index contributed by atoms with van der Waals surface area (Å²) >= 11 is 0. The molecule has 4 aromatic rings. The molecule has 8 N–H and O–H groups in total. The van der Waals surface area contributed by atoms with E-state index in [4.69, 9.17) is 39.4 Å². The van der Waals surface area contributed by atoms with Gasteiger partial charge in [-0.15, -0.1) is 0 Å². The van der Waals surface area contributed by atoms with Gasteiger partial charge in [0.2, 0.25) is 0 Å². The lowest BCUT2D eigenvalue weighted by molar-refractivity contribution is -0.147. The van der Waals surface area contributed by atoms with Gasteiger partial charge in [-0.3, -0.25) is 19.2 Å². The number of aliphatic carboxylic acids is 4. The zero-order valence-corrected chi connectivity index (χ0v) is 33.8. The Morgan fingerprint density at radius 2 is 0.683 bits per heavy atom. The number of benzene rings is 4. The molecule has 0 amide bonds. The van der Waals surface area contributed by atoms with Gasteiger partial charge in [0.05, 0.1) is 26.4 Å². The van der Waals surface area contributed by atoms with Crippen molar-refractivity contribution >= 4 is 48.6 Å². The first-order valence-electron chi connectivity index (χ1n) is 19.1. The Balaban J connectivity index is 0.000000382. The van der Waals surface area contributed by atoms with Crippen LogP contribution in [0.25, 0.3) is 12.2 Å². The van der Waals surface area contributed by atoms with Crippen LogP contribution in [0.4, 0.5) is 0 Å². The first-order valence-corrected chi connectivity index (χ1v) is 19.1. The Labute approximate surface area is 361 Å². The Bertz CT molecular complexity index is 2040. The standard InChI is InChI=1S/C23H24O8.C19H20O6.C3H4O4/c24-18-8-4-16(6-10-22(26)27)14-20(18)30-12-2-1-3-13-31-21-15-17(5-9-19(21)25)7-11-23(28)29;20-12-14-4-6-16(22)18(10-14)24-8-2-1-3-9-25-19-11-15(13-21)5-7-17(19)23;4-2(5)1-3(6)7/h4-11,14-15,24-25H,1-3,12-13H2,(H,26,27)(H,28,29);4-7,10-13,22-23H,1-3,8-9H2;1H2,(H,4,5)(H,6,7)/b10-6+,11-7+;;. The molecule has 0 saturated heterocycles. The molecule has 0 atom stereocenters. The second-order valence-electron chi connectivity index (χ2n) is 13.0. The van der Waals surface area contributed by atoms with Gasteiger partial charge in [-0.05, 0) is 122 Å². The molecular formula is C45H48O18. The Hall–Kier alpha value is -8.02. The van der Waals surface area contributed by atoms with Crippen molar-refractivity contribution in [3.05, 3.63) is 107 Å². The van der Waals surface area contributed by atoms with Crippen molar-refractivity contribution in [1.29, 1.82) is 0 Å². The van der Waals surface area contributed by atoms with Gasteiger partial charge in [0, 0.05) is 23.3 Å². The number of carboxylic acids is 4. The molecule has 0 saturated carbocycles. The Kier molecular flexibility index (Phi) is 23.1. The van der Waals surface area contributed by atoms with Crippen LogP contribution in [0, 0.1) is 0 Å². The van der Waals surface area contributed by atoms with Crippen molar-refractivity contribution in [2.24, 2.45) is 0 Å². The molecule has 0 radical (unpaired) electrons. The summed E-state index contributed by atoms with van der Waals surface area (Å²) in [5.74, 6) is -3.66. The largest absolute Gasteiger partial charge is 0.504 e. The summed E-state index contributed by atoms with van der Waals surface area (Å²) in [6.07, 6.45) is 9.90. The molecule has 336 valence electrons. The van der Waals surface area contributed by atoms with Crippen LogP contribution in [-0.2, 0) is 19.2 Å². The number of carbonyl (C=O) groups excluding carboxylic acids is 2. The SMILES string of the molecule is O=C(O)/C=C/c1ccc(O)c(OCCCCCOc2cc(/C=C/C(=O)O)ccc2O)c1.O=C(O)CC(=O)O.O=Cc1ccc(O)c(OCCCCCOc2cc(C=O)ccc2O)c1. The van der Waals surface area contributed by atoms with E-state index in [-0.39, 0.29) is 46.0 Å².